The van der Waals surface area contributed by atoms with Crippen molar-refractivity contribution in [1.29, 1.82) is 0 Å². The first-order chi connectivity index (χ1) is 14.6. The number of benzene rings is 2. The molecular weight excluding hydrogens is 382 g/mol. The summed E-state index contributed by atoms with van der Waals surface area (Å²) in [6.07, 6.45) is 3.84. The van der Waals surface area contributed by atoms with Crippen LogP contribution in [0.5, 0.6) is 11.5 Å². The molecule has 1 aliphatic heterocycles. The number of aromatic nitrogens is 4. The normalized spacial score (nSPS) is 15.5. The minimum absolute atomic E-state index is 0.262. The topological polar surface area (TPSA) is 102 Å². The molecule has 2 aromatic carbocycles. The number of para-hydroxylation sites is 1. The molecule has 8 heteroatoms. The molecule has 1 amide bonds. The Bertz CT molecular complexity index is 1030. The third kappa shape index (κ3) is 4.65. The molecule has 0 fully saturated rings. The molecule has 154 valence electrons. The number of amides is 1. The molecule has 2 N–H and O–H groups in total. The lowest BCUT2D eigenvalue weighted by Gasteiger charge is -2.26. The molecule has 0 saturated carbocycles. The predicted octanol–water partition coefficient (Wildman–Crippen LogP) is 3.56. The Morgan fingerprint density at radius 3 is 2.83 bits per heavy atom. The third-order valence-corrected chi connectivity index (χ3v) is 4.60. The minimum Gasteiger partial charge on any atom is -0.485 e. The molecule has 1 atom stereocenters. The van der Waals surface area contributed by atoms with Crippen LogP contribution in [0.3, 0.4) is 0 Å². The number of anilines is 1. The maximum absolute atomic E-state index is 12.5. The number of hydrogen-bond acceptors (Lipinski definition) is 6. The second kappa shape index (κ2) is 8.77. The Morgan fingerprint density at radius 1 is 1.27 bits per heavy atom. The molecule has 30 heavy (non-hydrogen) atoms. The Balaban J connectivity index is 1.43. The van der Waals surface area contributed by atoms with Crippen molar-refractivity contribution in [2.24, 2.45) is 5.92 Å². The van der Waals surface area contributed by atoms with Gasteiger partial charge in [0.15, 0.2) is 23.4 Å². The summed E-state index contributed by atoms with van der Waals surface area (Å²) in [7, 11) is 0. The Morgan fingerprint density at radius 2 is 2.10 bits per heavy atom. The summed E-state index contributed by atoms with van der Waals surface area (Å²) in [5.41, 5.74) is 2.77. The van der Waals surface area contributed by atoms with Gasteiger partial charge in [0.25, 0.3) is 0 Å². The molecule has 0 bridgehead atoms. The number of hydrogen-bond donors (Lipinski definition) is 2. The number of tetrazole rings is 1. The zero-order chi connectivity index (χ0) is 20.9. The maximum atomic E-state index is 12.5. The minimum atomic E-state index is -0.481. The van der Waals surface area contributed by atoms with E-state index >= 15 is 0 Å². The van der Waals surface area contributed by atoms with Crippen molar-refractivity contribution >= 4 is 17.7 Å². The van der Waals surface area contributed by atoms with Gasteiger partial charge in [0, 0.05) is 6.08 Å². The van der Waals surface area contributed by atoms with Crippen molar-refractivity contribution in [1.82, 2.24) is 20.6 Å². The smallest absolute Gasteiger partial charge is 0.248 e. The summed E-state index contributed by atoms with van der Waals surface area (Å²) in [4.78, 5) is 12.5. The molecule has 0 radical (unpaired) electrons. The van der Waals surface area contributed by atoms with Gasteiger partial charge in [0.1, 0.15) is 6.61 Å². The molecule has 8 nitrogen and oxygen atoms in total. The molecule has 0 spiro atoms. The van der Waals surface area contributed by atoms with Crippen LogP contribution in [-0.2, 0) is 11.2 Å². The van der Waals surface area contributed by atoms with E-state index in [9.17, 15) is 4.79 Å². The van der Waals surface area contributed by atoms with Crippen molar-refractivity contribution in [3.05, 3.63) is 65.5 Å². The largest absolute Gasteiger partial charge is 0.485 e. The van der Waals surface area contributed by atoms with Gasteiger partial charge in [-0.25, -0.2) is 5.10 Å². The summed E-state index contributed by atoms with van der Waals surface area (Å²) in [5.74, 6) is 1.82. The number of carbonyl (C=O) groups is 1. The van der Waals surface area contributed by atoms with E-state index in [2.05, 4.69) is 51.9 Å². The van der Waals surface area contributed by atoms with Crippen LogP contribution in [0.15, 0.2) is 48.5 Å². The van der Waals surface area contributed by atoms with Gasteiger partial charge in [-0.05, 0) is 52.1 Å². The molecule has 1 unspecified atom stereocenters. The van der Waals surface area contributed by atoms with Crippen molar-refractivity contribution in [2.75, 3.05) is 11.9 Å². The van der Waals surface area contributed by atoms with Gasteiger partial charge in [-0.2, -0.15) is 0 Å². The van der Waals surface area contributed by atoms with Crippen molar-refractivity contribution in [3.8, 4) is 11.5 Å². The maximum Gasteiger partial charge on any atom is 0.248 e. The first-order valence-electron chi connectivity index (χ1n) is 9.82. The van der Waals surface area contributed by atoms with Crippen LogP contribution in [0.4, 0.5) is 5.69 Å². The van der Waals surface area contributed by atoms with E-state index in [4.69, 9.17) is 9.47 Å². The lowest BCUT2D eigenvalue weighted by Crippen LogP contribution is -2.24. The standard InChI is InChI=1S/C22H23N5O3/c1-14(2)12-16-8-6-15(7-9-16)10-11-20(28)23-17-4-3-5-18-21(17)30-19(13-29-18)22-24-26-27-25-22/h3-11,14,19H,12-13H2,1-2H3,(H,23,28)(H,24,25,26,27)/b11-10+. The predicted molar refractivity (Wildman–Crippen MR) is 112 cm³/mol. The summed E-state index contributed by atoms with van der Waals surface area (Å²) in [5, 5.41) is 16.5. The molecule has 4 rings (SSSR count). The average molecular weight is 405 g/mol. The van der Waals surface area contributed by atoms with E-state index in [-0.39, 0.29) is 12.5 Å². The zero-order valence-corrected chi connectivity index (χ0v) is 16.8. The van der Waals surface area contributed by atoms with Gasteiger partial charge in [-0.1, -0.05) is 44.2 Å². The molecule has 0 aliphatic carbocycles. The fourth-order valence-electron chi connectivity index (χ4n) is 3.21. The van der Waals surface area contributed by atoms with Crippen LogP contribution in [0.1, 0.15) is 36.9 Å². The second-order valence-corrected chi connectivity index (χ2v) is 7.50. The first-order valence-corrected chi connectivity index (χ1v) is 9.82. The van der Waals surface area contributed by atoms with E-state index in [1.807, 2.05) is 12.1 Å². The highest BCUT2D eigenvalue weighted by Gasteiger charge is 2.27. The highest BCUT2D eigenvalue weighted by Crippen LogP contribution is 2.41. The number of aromatic amines is 1. The number of carbonyl (C=O) groups excluding carboxylic acids is 1. The fraction of sp³-hybridized carbons (Fsp3) is 0.273. The van der Waals surface area contributed by atoms with Crippen LogP contribution in [0, 0.1) is 5.92 Å². The summed E-state index contributed by atoms with van der Waals surface area (Å²) in [6, 6.07) is 13.6. The zero-order valence-electron chi connectivity index (χ0n) is 16.8. The number of H-pyrrole nitrogens is 1. The number of nitrogens with zero attached hydrogens (tertiary/aromatic N) is 3. The molecule has 1 aromatic heterocycles. The van der Waals surface area contributed by atoms with Gasteiger partial charge in [-0.3, -0.25) is 4.79 Å². The van der Waals surface area contributed by atoms with Gasteiger partial charge in [0.05, 0.1) is 5.69 Å². The van der Waals surface area contributed by atoms with Crippen LogP contribution in [-0.4, -0.2) is 33.1 Å². The van der Waals surface area contributed by atoms with Crippen LogP contribution < -0.4 is 14.8 Å². The van der Waals surface area contributed by atoms with Gasteiger partial charge >= 0.3 is 0 Å². The van der Waals surface area contributed by atoms with Crippen molar-refractivity contribution < 1.29 is 14.3 Å². The van der Waals surface area contributed by atoms with Crippen LogP contribution in [0.2, 0.25) is 0 Å². The first kappa shape index (κ1) is 19.6. The summed E-state index contributed by atoms with van der Waals surface area (Å²) < 4.78 is 11.7. The van der Waals surface area contributed by atoms with E-state index in [1.54, 1.807) is 24.3 Å². The quantitative estimate of drug-likeness (QED) is 0.608. The monoisotopic (exact) mass is 405 g/mol. The number of rotatable bonds is 6. The molecule has 1 aliphatic rings. The molecule has 2 heterocycles. The number of fused-ring (bicyclic) bond motifs is 1. The molecule has 3 aromatic rings. The van der Waals surface area contributed by atoms with E-state index < -0.39 is 6.10 Å². The summed E-state index contributed by atoms with van der Waals surface area (Å²) >= 11 is 0. The lowest BCUT2D eigenvalue weighted by molar-refractivity contribution is -0.111. The van der Waals surface area contributed by atoms with Crippen LogP contribution >= 0.6 is 0 Å². The molecular formula is C22H23N5O3. The van der Waals surface area contributed by atoms with Gasteiger partial charge in [0.2, 0.25) is 5.91 Å². The fourth-order valence-corrected chi connectivity index (χ4v) is 3.21. The van der Waals surface area contributed by atoms with E-state index in [1.165, 1.54) is 11.6 Å². The van der Waals surface area contributed by atoms with E-state index in [0.717, 1.165) is 12.0 Å². The summed E-state index contributed by atoms with van der Waals surface area (Å²) in [6.45, 7) is 4.66. The SMILES string of the molecule is CC(C)Cc1ccc(/C=C/C(=O)Nc2cccc3c2OC(c2nnn[nH]2)CO3)cc1. The Kier molecular flexibility index (Phi) is 5.74. The van der Waals surface area contributed by atoms with Gasteiger partial charge < -0.3 is 14.8 Å². The Labute approximate surface area is 174 Å². The van der Waals surface area contributed by atoms with Crippen LogP contribution in [0.25, 0.3) is 6.08 Å². The second-order valence-electron chi connectivity index (χ2n) is 7.50. The van der Waals surface area contributed by atoms with Gasteiger partial charge in [-0.15, -0.1) is 5.10 Å². The molecule has 0 saturated heterocycles. The van der Waals surface area contributed by atoms with E-state index in [0.29, 0.717) is 28.9 Å². The highest BCUT2D eigenvalue weighted by atomic mass is 16.6. The lowest BCUT2D eigenvalue weighted by atomic mass is 10.0. The Hall–Kier alpha value is -3.68. The number of nitrogens with one attached hydrogen (secondary N) is 2. The average Bonchev–Trinajstić information content (AvgIpc) is 3.28. The van der Waals surface area contributed by atoms with Crippen molar-refractivity contribution in [2.45, 2.75) is 26.4 Å². The number of ether oxygens (including phenoxy) is 2. The third-order valence-electron chi connectivity index (χ3n) is 4.60. The van der Waals surface area contributed by atoms with Crippen molar-refractivity contribution in [3.63, 3.8) is 0 Å². The highest BCUT2D eigenvalue weighted by molar-refractivity contribution is 6.03.